The molecule has 0 saturated carbocycles. The van der Waals surface area contributed by atoms with Gasteiger partial charge in [-0.05, 0) is 12.8 Å². The van der Waals surface area contributed by atoms with Crippen LogP contribution in [-0.2, 0) is 0 Å². The minimum absolute atomic E-state index is 0.0614. The van der Waals surface area contributed by atoms with Crippen LogP contribution >= 0.6 is 0 Å². The second kappa shape index (κ2) is 5.66. The average Bonchev–Trinajstić information content (AvgIpc) is 2.56. The largest absolute Gasteiger partial charge is 0.395 e. The number of unbranched alkanes of at least 4 members (excludes halogenated alkanes) is 1. The molecule has 4 nitrogen and oxygen atoms in total. The fraction of sp³-hybridized carbons (Fsp3) is 1.00. The van der Waals surface area contributed by atoms with Gasteiger partial charge in [0.15, 0.2) is 0 Å². The molecule has 0 amide bonds. The van der Waals surface area contributed by atoms with E-state index in [1.165, 1.54) is 0 Å². The monoisotopic (exact) mass is 203 g/mol. The Morgan fingerprint density at radius 1 is 1.50 bits per heavy atom. The van der Waals surface area contributed by atoms with Gasteiger partial charge >= 0.3 is 0 Å². The molecule has 0 aromatic carbocycles. The predicted octanol–water partition coefficient (Wildman–Crippen LogP) is -0.379. The SMILES string of the molecule is CCCC[C@@H](O)[C@@H]1C[C@H](O)[C@@H](CO)N1. The van der Waals surface area contributed by atoms with Crippen molar-refractivity contribution in [1.82, 2.24) is 5.32 Å². The van der Waals surface area contributed by atoms with Gasteiger partial charge in [0.1, 0.15) is 0 Å². The van der Waals surface area contributed by atoms with Crippen LogP contribution in [0.15, 0.2) is 0 Å². The first kappa shape index (κ1) is 11.9. The zero-order chi connectivity index (χ0) is 10.6. The van der Waals surface area contributed by atoms with Gasteiger partial charge in [-0.1, -0.05) is 19.8 Å². The average molecular weight is 203 g/mol. The molecule has 4 heteroatoms. The summed E-state index contributed by atoms with van der Waals surface area (Å²) in [4.78, 5) is 0. The molecule has 4 atom stereocenters. The predicted molar refractivity (Wildman–Crippen MR) is 54.0 cm³/mol. The Morgan fingerprint density at radius 3 is 2.71 bits per heavy atom. The summed E-state index contributed by atoms with van der Waals surface area (Å²) in [7, 11) is 0. The molecule has 0 aromatic rings. The van der Waals surface area contributed by atoms with Crippen molar-refractivity contribution in [2.24, 2.45) is 0 Å². The molecule has 0 bridgehead atoms. The highest BCUT2D eigenvalue weighted by Crippen LogP contribution is 2.18. The zero-order valence-electron chi connectivity index (χ0n) is 8.69. The van der Waals surface area contributed by atoms with E-state index in [1.807, 2.05) is 0 Å². The quantitative estimate of drug-likeness (QED) is 0.491. The fourth-order valence-corrected chi connectivity index (χ4v) is 1.94. The van der Waals surface area contributed by atoms with Crippen LogP contribution in [0.2, 0.25) is 0 Å². The summed E-state index contributed by atoms with van der Waals surface area (Å²) in [6.07, 6.45) is 2.44. The molecule has 4 N–H and O–H groups in total. The summed E-state index contributed by atoms with van der Waals surface area (Å²) in [6, 6.07) is -0.329. The molecule has 0 unspecified atom stereocenters. The molecule has 14 heavy (non-hydrogen) atoms. The first-order valence-electron chi connectivity index (χ1n) is 5.42. The van der Waals surface area contributed by atoms with Gasteiger partial charge in [-0.2, -0.15) is 0 Å². The zero-order valence-corrected chi connectivity index (χ0v) is 8.69. The summed E-state index contributed by atoms with van der Waals surface area (Å²) in [5, 5.41) is 31.2. The molecular weight excluding hydrogens is 182 g/mol. The maximum atomic E-state index is 9.76. The molecule has 1 aliphatic rings. The van der Waals surface area contributed by atoms with Crippen LogP contribution in [0.5, 0.6) is 0 Å². The van der Waals surface area contributed by atoms with Crippen molar-refractivity contribution < 1.29 is 15.3 Å². The van der Waals surface area contributed by atoms with Crippen LogP contribution in [0.25, 0.3) is 0 Å². The fourth-order valence-electron chi connectivity index (χ4n) is 1.94. The molecule has 0 spiro atoms. The number of aliphatic hydroxyl groups is 3. The molecule has 1 saturated heterocycles. The summed E-state index contributed by atoms with van der Waals surface area (Å²) < 4.78 is 0. The first-order valence-corrected chi connectivity index (χ1v) is 5.42. The van der Waals surface area contributed by atoms with Gasteiger partial charge in [0.2, 0.25) is 0 Å². The first-order chi connectivity index (χ1) is 6.69. The summed E-state index contributed by atoms with van der Waals surface area (Å²) >= 11 is 0. The normalized spacial score (nSPS) is 34.7. The van der Waals surface area contributed by atoms with Crippen molar-refractivity contribution in [2.45, 2.75) is 56.9 Å². The van der Waals surface area contributed by atoms with E-state index in [0.29, 0.717) is 6.42 Å². The van der Waals surface area contributed by atoms with Crippen molar-refractivity contribution in [2.75, 3.05) is 6.61 Å². The van der Waals surface area contributed by atoms with E-state index in [9.17, 15) is 10.2 Å². The summed E-state index contributed by atoms with van der Waals surface area (Å²) in [5.41, 5.74) is 0. The summed E-state index contributed by atoms with van der Waals surface area (Å²) in [5.74, 6) is 0. The lowest BCUT2D eigenvalue weighted by Crippen LogP contribution is -2.41. The summed E-state index contributed by atoms with van der Waals surface area (Å²) in [6.45, 7) is 2.01. The van der Waals surface area contributed by atoms with Gasteiger partial charge in [-0.3, -0.25) is 0 Å². The Kier molecular flexibility index (Phi) is 4.81. The molecule has 1 heterocycles. The maximum Gasteiger partial charge on any atom is 0.0731 e. The van der Waals surface area contributed by atoms with E-state index in [-0.39, 0.29) is 18.7 Å². The molecule has 1 aliphatic heterocycles. The Bertz CT molecular complexity index is 165. The standard InChI is InChI=1S/C10H21NO3/c1-2-3-4-9(13)7-5-10(14)8(6-12)11-7/h7-14H,2-6H2,1H3/t7-,8+,9+,10-/m0/s1. The highest BCUT2D eigenvalue weighted by Gasteiger charge is 2.34. The van der Waals surface area contributed by atoms with E-state index in [1.54, 1.807) is 0 Å². The number of nitrogens with one attached hydrogen (secondary N) is 1. The van der Waals surface area contributed by atoms with Crippen molar-refractivity contribution in [1.29, 1.82) is 0 Å². The molecular formula is C10H21NO3. The maximum absolute atomic E-state index is 9.76. The van der Waals surface area contributed by atoms with E-state index < -0.39 is 12.2 Å². The van der Waals surface area contributed by atoms with E-state index in [0.717, 1.165) is 19.3 Å². The minimum Gasteiger partial charge on any atom is -0.395 e. The van der Waals surface area contributed by atoms with Crippen LogP contribution in [0.4, 0.5) is 0 Å². The highest BCUT2D eigenvalue weighted by molar-refractivity contribution is 4.93. The second-order valence-corrected chi connectivity index (χ2v) is 4.07. The van der Waals surface area contributed by atoms with E-state index >= 15 is 0 Å². The number of hydrogen-bond donors (Lipinski definition) is 4. The van der Waals surface area contributed by atoms with Gasteiger partial charge in [0.25, 0.3) is 0 Å². The van der Waals surface area contributed by atoms with Crippen LogP contribution < -0.4 is 5.32 Å². The molecule has 0 aromatic heterocycles. The van der Waals surface area contributed by atoms with Crippen LogP contribution in [-0.4, -0.2) is 46.2 Å². The van der Waals surface area contributed by atoms with Crippen molar-refractivity contribution in [3.63, 3.8) is 0 Å². The Morgan fingerprint density at radius 2 is 2.21 bits per heavy atom. The van der Waals surface area contributed by atoms with E-state index in [4.69, 9.17) is 5.11 Å². The topological polar surface area (TPSA) is 72.7 Å². The number of hydrogen-bond acceptors (Lipinski definition) is 4. The Balaban J connectivity index is 2.32. The van der Waals surface area contributed by atoms with Gasteiger partial charge in [0, 0.05) is 6.04 Å². The van der Waals surface area contributed by atoms with Crippen molar-refractivity contribution in [3.8, 4) is 0 Å². The molecule has 1 rings (SSSR count). The molecule has 0 aliphatic carbocycles. The number of rotatable bonds is 5. The van der Waals surface area contributed by atoms with Crippen LogP contribution in [0.3, 0.4) is 0 Å². The highest BCUT2D eigenvalue weighted by atomic mass is 16.3. The lowest BCUT2D eigenvalue weighted by molar-refractivity contribution is 0.112. The number of aliphatic hydroxyl groups excluding tert-OH is 3. The smallest absolute Gasteiger partial charge is 0.0731 e. The van der Waals surface area contributed by atoms with E-state index in [2.05, 4.69) is 12.2 Å². The lowest BCUT2D eigenvalue weighted by atomic mass is 10.0. The molecule has 0 radical (unpaired) electrons. The van der Waals surface area contributed by atoms with Crippen LogP contribution in [0.1, 0.15) is 32.6 Å². The third kappa shape index (κ3) is 2.92. The lowest BCUT2D eigenvalue weighted by Gasteiger charge is -2.18. The minimum atomic E-state index is -0.527. The molecule has 1 fully saturated rings. The van der Waals surface area contributed by atoms with Gasteiger partial charge in [-0.25, -0.2) is 0 Å². The second-order valence-electron chi connectivity index (χ2n) is 4.07. The third-order valence-electron chi connectivity index (χ3n) is 2.90. The Labute approximate surface area is 85.0 Å². The molecule has 84 valence electrons. The van der Waals surface area contributed by atoms with Crippen molar-refractivity contribution >= 4 is 0 Å². The van der Waals surface area contributed by atoms with Gasteiger partial charge in [-0.15, -0.1) is 0 Å². The third-order valence-corrected chi connectivity index (χ3v) is 2.90. The van der Waals surface area contributed by atoms with Gasteiger partial charge < -0.3 is 20.6 Å². The Hall–Kier alpha value is -0.160. The van der Waals surface area contributed by atoms with Gasteiger partial charge in [0.05, 0.1) is 24.9 Å². The van der Waals surface area contributed by atoms with Crippen LogP contribution in [0, 0.1) is 0 Å². The van der Waals surface area contributed by atoms with Crippen molar-refractivity contribution in [3.05, 3.63) is 0 Å².